The molecule has 0 bridgehead atoms. The van der Waals surface area contributed by atoms with E-state index in [1.807, 2.05) is 4.42 Å². The smallest absolute Gasteiger partial charge is 0.0731 e. The van der Waals surface area contributed by atoms with Gasteiger partial charge in [0, 0.05) is 12.3 Å². The minimum atomic E-state index is -0.223. The van der Waals surface area contributed by atoms with Crippen LogP contribution < -0.4 is 0 Å². The molecule has 0 aliphatic carbocycles. The molecule has 1 aliphatic rings. The number of hydrogen-bond acceptors (Lipinski definition) is 2. The molecule has 15 heavy (non-hydrogen) atoms. The lowest BCUT2D eigenvalue weighted by molar-refractivity contribution is 0.160. The summed E-state index contributed by atoms with van der Waals surface area (Å²) in [5.41, 5.74) is -0.223. The van der Waals surface area contributed by atoms with Gasteiger partial charge in [-0.05, 0) is 43.4 Å². The van der Waals surface area contributed by atoms with Crippen molar-refractivity contribution in [1.29, 1.82) is 5.41 Å². The Morgan fingerprint density at radius 3 is 2.60 bits per heavy atom. The van der Waals surface area contributed by atoms with Gasteiger partial charge in [0.05, 0.1) is 5.54 Å². The molecule has 0 spiro atoms. The third kappa shape index (κ3) is 2.21. The molecule has 3 heteroatoms. The number of rotatable bonds is 3. The predicted molar refractivity (Wildman–Crippen MR) is 66.6 cm³/mol. The van der Waals surface area contributed by atoms with E-state index in [0.29, 0.717) is 12.0 Å². The van der Waals surface area contributed by atoms with Gasteiger partial charge in [-0.1, -0.05) is 27.2 Å². The summed E-state index contributed by atoms with van der Waals surface area (Å²) in [7, 11) is 0. The molecule has 0 radical (unpaired) electrons. The van der Waals surface area contributed by atoms with Crippen molar-refractivity contribution in [2.24, 2.45) is 5.92 Å². The maximum Gasteiger partial charge on any atom is 0.0731 e. The van der Waals surface area contributed by atoms with Crippen LogP contribution in [-0.2, 0) is 0 Å². The van der Waals surface area contributed by atoms with Gasteiger partial charge in [-0.3, -0.25) is 0 Å². The number of halogens is 1. The zero-order valence-electron chi connectivity index (χ0n) is 10.1. The van der Waals surface area contributed by atoms with Crippen molar-refractivity contribution in [1.82, 2.24) is 4.42 Å². The molecule has 3 atom stereocenters. The van der Waals surface area contributed by atoms with Gasteiger partial charge >= 0.3 is 0 Å². The van der Waals surface area contributed by atoms with Crippen LogP contribution in [0.4, 0.5) is 0 Å². The molecule has 1 rings (SSSR count). The van der Waals surface area contributed by atoms with Gasteiger partial charge in [-0.15, -0.1) is 0 Å². The van der Waals surface area contributed by atoms with Gasteiger partial charge in [-0.2, -0.15) is 0 Å². The first kappa shape index (κ1) is 13.0. The van der Waals surface area contributed by atoms with E-state index in [1.165, 1.54) is 19.3 Å². The fraction of sp³-hybridized carbons (Fsp3) is 0.917. The lowest BCUT2D eigenvalue weighted by Gasteiger charge is -2.42. The second kappa shape index (κ2) is 5.31. The Labute approximate surface area is 98.6 Å². The molecule has 0 aromatic rings. The molecule has 88 valence electrons. The third-order valence-corrected chi connectivity index (χ3v) is 4.62. The van der Waals surface area contributed by atoms with Crippen molar-refractivity contribution < 1.29 is 0 Å². The average molecular weight is 231 g/mol. The third-order valence-electron chi connectivity index (χ3n) is 4.03. The summed E-state index contributed by atoms with van der Waals surface area (Å²) in [6, 6.07) is 0.429. The Hall–Kier alpha value is -0.0800. The van der Waals surface area contributed by atoms with E-state index >= 15 is 0 Å². The van der Waals surface area contributed by atoms with Crippen LogP contribution in [0.5, 0.6) is 0 Å². The van der Waals surface area contributed by atoms with E-state index in [1.54, 1.807) is 6.21 Å². The Morgan fingerprint density at radius 1 is 1.47 bits per heavy atom. The van der Waals surface area contributed by atoms with Crippen molar-refractivity contribution in [3.8, 4) is 0 Å². The largest absolute Gasteiger partial charge is 0.311 e. The number of hydrogen-bond donors (Lipinski definition) is 1. The van der Waals surface area contributed by atoms with E-state index in [4.69, 9.17) is 17.2 Å². The van der Waals surface area contributed by atoms with Gasteiger partial charge in [0.25, 0.3) is 0 Å². The van der Waals surface area contributed by atoms with Crippen molar-refractivity contribution in [3.63, 3.8) is 0 Å². The highest BCUT2D eigenvalue weighted by molar-refractivity contribution is 6.15. The van der Waals surface area contributed by atoms with Crippen LogP contribution >= 0.6 is 11.8 Å². The van der Waals surface area contributed by atoms with Crippen LogP contribution in [0.1, 0.15) is 52.9 Å². The second-order valence-corrected chi connectivity index (χ2v) is 5.06. The molecule has 0 aromatic heterocycles. The predicted octanol–water partition coefficient (Wildman–Crippen LogP) is 3.84. The summed E-state index contributed by atoms with van der Waals surface area (Å²) >= 11 is 6.49. The van der Waals surface area contributed by atoms with Crippen LogP contribution in [0, 0.1) is 11.3 Å². The van der Waals surface area contributed by atoms with Crippen molar-refractivity contribution >= 4 is 18.0 Å². The molecule has 3 unspecified atom stereocenters. The molecule has 0 saturated carbocycles. The molecular formula is C12H23ClN2. The second-order valence-electron chi connectivity index (χ2n) is 4.69. The molecule has 0 aromatic carbocycles. The van der Waals surface area contributed by atoms with Crippen LogP contribution in [-0.4, -0.2) is 22.2 Å². The molecular weight excluding hydrogens is 208 g/mol. The Bertz CT molecular complexity index is 220. The van der Waals surface area contributed by atoms with Gasteiger partial charge < -0.3 is 5.41 Å². The van der Waals surface area contributed by atoms with Crippen LogP contribution in [0.3, 0.4) is 0 Å². The van der Waals surface area contributed by atoms with Gasteiger partial charge in [0.2, 0.25) is 0 Å². The van der Waals surface area contributed by atoms with Crippen LogP contribution in [0.15, 0.2) is 0 Å². The zero-order valence-corrected chi connectivity index (χ0v) is 10.8. The molecule has 1 fully saturated rings. The first-order chi connectivity index (χ1) is 7.12. The highest BCUT2D eigenvalue weighted by Crippen LogP contribution is 2.38. The number of nitrogens with one attached hydrogen (secondary N) is 1. The summed E-state index contributed by atoms with van der Waals surface area (Å²) in [6.07, 6.45) is 7.16. The molecule has 0 amide bonds. The first-order valence-corrected chi connectivity index (χ1v) is 6.42. The Morgan fingerprint density at radius 2 is 2.13 bits per heavy atom. The van der Waals surface area contributed by atoms with Crippen LogP contribution in [0.25, 0.3) is 0 Å². The molecule has 2 nitrogen and oxygen atoms in total. The van der Waals surface area contributed by atoms with E-state index in [9.17, 15) is 0 Å². The van der Waals surface area contributed by atoms with Gasteiger partial charge in [-0.25, -0.2) is 4.42 Å². The Kier molecular flexibility index (Phi) is 4.60. The summed E-state index contributed by atoms with van der Waals surface area (Å²) < 4.78 is 1.94. The maximum absolute atomic E-state index is 7.72. The monoisotopic (exact) mass is 230 g/mol. The van der Waals surface area contributed by atoms with Gasteiger partial charge in [0.15, 0.2) is 0 Å². The zero-order chi connectivity index (χ0) is 11.5. The van der Waals surface area contributed by atoms with E-state index in [0.717, 1.165) is 12.8 Å². The summed E-state index contributed by atoms with van der Waals surface area (Å²) in [6.45, 7) is 6.54. The highest BCUT2D eigenvalue weighted by Gasteiger charge is 2.42. The van der Waals surface area contributed by atoms with E-state index < -0.39 is 0 Å². The fourth-order valence-electron chi connectivity index (χ4n) is 2.74. The van der Waals surface area contributed by atoms with Crippen molar-refractivity contribution in [2.75, 3.05) is 0 Å². The summed E-state index contributed by atoms with van der Waals surface area (Å²) in [5.74, 6) is 0.481. The van der Waals surface area contributed by atoms with Crippen molar-refractivity contribution in [3.05, 3.63) is 0 Å². The minimum Gasteiger partial charge on any atom is -0.311 e. The normalized spacial score (nSPS) is 38.7. The van der Waals surface area contributed by atoms with Crippen LogP contribution in [0.2, 0.25) is 0 Å². The minimum absolute atomic E-state index is 0.223. The summed E-state index contributed by atoms with van der Waals surface area (Å²) in [4.78, 5) is 0. The first-order valence-electron chi connectivity index (χ1n) is 6.09. The van der Waals surface area contributed by atoms with E-state index in [2.05, 4.69) is 20.8 Å². The fourth-order valence-corrected chi connectivity index (χ4v) is 3.31. The van der Waals surface area contributed by atoms with Crippen molar-refractivity contribution in [2.45, 2.75) is 64.5 Å². The SMILES string of the molecule is CCC1CCCC(C)C(C=N)(CC)N1Cl. The molecule has 1 heterocycles. The maximum atomic E-state index is 7.72. The van der Waals surface area contributed by atoms with Gasteiger partial charge in [0.1, 0.15) is 0 Å². The quantitative estimate of drug-likeness (QED) is 0.579. The lowest BCUT2D eigenvalue weighted by Crippen LogP contribution is -2.52. The topological polar surface area (TPSA) is 27.1 Å². The molecule has 1 saturated heterocycles. The molecule has 1 N–H and O–H groups in total. The highest BCUT2D eigenvalue weighted by atomic mass is 35.5. The Balaban J connectivity index is 2.99. The lowest BCUT2D eigenvalue weighted by atomic mass is 9.82. The summed E-state index contributed by atoms with van der Waals surface area (Å²) in [5, 5.41) is 7.72. The molecule has 1 aliphatic heterocycles. The standard InChI is InChI=1S/C12H23ClN2/c1-4-11-8-6-7-10(3)12(5-2,9-14)15(11)13/h9-11,14H,4-8H2,1-3H3. The average Bonchev–Trinajstić information content (AvgIpc) is 2.37. The van der Waals surface area contributed by atoms with E-state index in [-0.39, 0.29) is 5.54 Å². The number of nitrogens with zero attached hydrogens (tertiary/aromatic N) is 1.